The molecule has 1 aliphatic heterocycles. The first-order valence-corrected chi connectivity index (χ1v) is 12.1. The molecule has 0 saturated carbocycles. The third kappa shape index (κ3) is 6.44. The number of aryl methyl sites for hydroxylation is 1. The minimum atomic E-state index is -0.110. The summed E-state index contributed by atoms with van der Waals surface area (Å²) >= 11 is 6.10. The van der Waals surface area contributed by atoms with Crippen LogP contribution in [0.2, 0.25) is 5.02 Å². The van der Waals surface area contributed by atoms with E-state index < -0.39 is 0 Å². The van der Waals surface area contributed by atoms with E-state index >= 15 is 0 Å². The number of amides is 1. The second-order valence-corrected chi connectivity index (χ2v) is 8.96. The molecule has 7 heteroatoms. The summed E-state index contributed by atoms with van der Waals surface area (Å²) in [5.74, 6) is -0.110. The van der Waals surface area contributed by atoms with Crippen molar-refractivity contribution in [2.45, 2.75) is 26.3 Å². The van der Waals surface area contributed by atoms with Gasteiger partial charge in [-0.15, -0.1) is 0 Å². The number of nitrogens with one attached hydrogen (secondary N) is 1. The average Bonchev–Trinajstić information content (AvgIpc) is 3.25. The Balaban J connectivity index is 1.24. The van der Waals surface area contributed by atoms with E-state index in [1.807, 2.05) is 59.3 Å². The predicted octanol–water partition coefficient (Wildman–Crippen LogP) is 4.03. The van der Waals surface area contributed by atoms with E-state index in [0.717, 1.165) is 68.5 Å². The quantitative estimate of drug-likeness (QED) is 0.518. The highest BCUT2D eigenvalue weighted by molar-refractivity contribution is 6.30. The molecule has 1 aromatic heterocycles. The van der Waals surface area contributed by atoms with Gasteiger partial charge >= 0.3 is 0 Å². The number of aromatic nitrogens is 2. The smallest absolute Gasteiger partial charge is 0.271 e. The summed E-state index contributed by atoms with van der Waals surface area (Å²) in [6.45, 7) is 8.56. The normalized spacial score (nSPS) is 15.0. The summed E-state index contributed by atoms with van der Waals surface area (Å²) in [5, 5.41) is 8.44. The van der Waals surface area contributed by atoms with Crippen molar-refractivity contribution in [1.82, 2.24) is 24.9 Å². The number of carbonyl (C=O) groups is 1. The minimum Gasteiger partial charge on any atom is -0.349 e. The monoisotopic (exact) mass is 465 g/mol. The highest BCUT2D eigenvalue weighted by atomic mass is 35.5. The van der Waals surface area contributed by atoms with E-state index in [1.54, 1.807) is 0 Å². The number of halogens is 1. The van der Waals surface area contributed by atoms with Crippen LogP contribution in [-0.2, 0) is 13.0 Å². The van der Waals surface area contributed by atoms with Crippen molar-refractivity contribution >= 4 is 17.5 Å². The Kier molecular flexibility index (Phi) is 8.15. The van der Waals surface area contributed by atoms with Crippen LogP contribution in [0, 0.1) is 0 Å². The lowest BCUT2D eigenvalue weighted by Gasteiger charge is -2.34. The zero-order valence-corrected chi connectivity index (χ0v) is 20.0. The summed E-state index contributed by atoms with van der Waals surface area (Å²) in [6.07, 6.45) is 1.89. The van der Waals surface area contributed by atoms with E-state index in [1.165, 1.54) is 5.56 Å². The minimum absolute atomic E-state index is 0.110. The van der Waals surface area contributed by atoms with Crippen molar-refractivity contribution in [1.29, 1.82) is 0 Å². The van der Waals surface area contributed by atoms with E-state index in [0.29, 0.717) is 12.2 Å². The van der Waals surface area contributed by atoms with Gasteiger partial charge in [-0.2, -0.15) is 5.10 Å². The first kappa shape index (κ1) is 23.5. The molecule has 0 aliphatic carbocycles. The number of hydrogen-bond acceptors (Lipinski definition) is 4. The summed E-state index contributed by atoms with van der Waals surface area (Å²) in [5.41, 5.74) is 3.77. The standard InChI is InChI=1S/C26H32ClN5O/c1-2-7-24-19-25(29-32(24)23-10-4-3-5-11-23)26(33)28-12-13-30-14-16-31(17-15-30)20-21-8-6-9-22(27)18-21/h3-6,8-11,18-19H,2,7,12-17,20H2,1H3,(H,28,33). The van der Waals surface area contributed by atoms with Crippen LogP contribution < -0.4 is 5.32 Å². The van der Waals surface area contributed by atoms with Gasteiger partial charge in [-0.05, 0) is 42.3 Å². The molecule has 0 spiro atoms. The molecule has 1 saturated heterocycles. The van der Waals surface area contributed by atoms with Crippen molar-refractivity contribution in [3.8, 4) is 5.69 Å². The van der Waals surface area contributed by atoms with Crippen LogP contribution in [0.5, 0.6) is 0 Å². The van der Waals surface area contributed by atoms with Gasteiger partial charge in [0.05, 0.1) is 5.69 Å². The van der Waals surface area contributed by atoms with E-state index in [-0.39, 0.29) is 5.91 Å². The molecule has 174 valence electrons. The molecule has 1 aliphatic rings. The highest BCUT2D eigenvalue weighted by Crippen LogP contribution is 2.15. The van der Waals surface area contributed by atoms with Crippen LogP contribution in [0.1, 0.15) is 35.1 Å². The maximum Gasteiger partial charge on any atom is 0.271 e. The van der Waals surface area contributed by atoms with Gasteiger partial charge in [0.1, 0.15) is 0 Å². The zero-order chi connectivity index (χ0) is 23.0. The van der Waals surface area contributed by atoms with Crippen molar-refractivity contribution < 1.29 is 4.79 Å². The van der Waals surface area contributed by atoms with Crippen LogP contribution in [0.15, 0.2) is 60.7 Å². The molecule has 1 N–H and O–H groups in total. The van der Waals surface area contributed by atoms with Crippen LogP contribution in [0.4, 0.5) is 0 Å². The van der Waals surface area contributed by atoms with Crippen molar-refractivity contribution in [2.24, 2.45) is 0 Å². The Labute approximate surface area is 201 Å². The lowest BCUT2D eigenvalue weighted by molar-refractivity contribution is 0.0929. The molecule has 0 bridgehead atoms. The van der Waals surface area contributed by atoms with Gasteiger partial charge in [0.25, 0.3) is 5.91 Å². The maximum atomic E-state index is 12.7. The highest BCUT2D eigenvalue weighted by Gasteiger charge is 2.18. The molecule has 6 nitrogen and oxygen atoms in total. The van der Waals surface area contributed by atoms with Gasteiger partial charge in [0, 0.05) is 56.5 Å². The number of rotatable bonds is 9. The number of nitrogens with zero attached hydrogens (tertiary/aromatic N) is 4. The molecule has 1 amide bonds. The first-order chi connectivity index (χ1) is 16.1. The van der Waals surface area contributed by atoms with Crippen LogP contribution in [0.3, 0.4) is 0 Å². The van der Waals surface area contributed by atoms with Gasteiger partial charge in [0.15, 0.2) is 5.69 Å². The zero-order valence-electron chi connectivity index (χ0n) is 19.2. The van der Waals surface area contributed by atoms with Gasteiger partial charge in [0.2, 0.25) is 0 Å². The van der Waals surface area contributed by atoms with Crippen LogP contribution >= 0.6 is 11.6 Å². The summed E-state index contributed by atoms with van der Waals surface area (Å²) < 4.78 is 1.89. The molecule has 2 aromatic carbocycles. The molecule has 3 aromatic rings. The molecule has 33 heavy (non-hydrogen) atoms. The summed E-state index contributed by atoms with van der Waals surface area (Å²) in [4.78, 5) is 17.6. The third-order valence-corrected chi connectivity index (χ3v) is 6.23. The topological polar surface area (TPSA) is 53.4 Å². The molecule has 1 fully saturated rings. The lowest BCUT2D eigenvalue weighted by Crippen LogP contribution is -2.48. The SMILES string of the molecule is CCCc1cc(C(=O)NCCN2CCN(Cc3cccc(Cl)c3)CC2)nn1-c1ccccc1. The second kappa shape index (κ2) is 11.5. The largest absolute Gasteiger partial charge is 0.349 e. The van der Waals surface area contributed by atoms with Crippen LogP contribution in [0.25, 0.3) is 5.69 Å². The second-order valence-electron chi connectivity index (χ2n) is 8.52. The van der Waals surface area contributed by atoms with Gasteiger partial charge in [-0.1, -0.05) is 55.3 Å². The molecule has 4 rings (SSSR count). The third-order valence-electron chi connectivity index (χ3n) is 6.00. The van der Waals surface area contributed by atoms with Gasteiger partial charge in [-0.3, -0.25) is 14.6 Å². The van der Waals surface area contributed by atoms with Crippen molar-refractivity contribution in [3.63, 3.8) is 0 Å². The Hall–Kier alpha value is -2.67. The Morgan fingerprint density at radius 2 is 1.76 bits per heavy atom. The average molecular weight is 466 g/mol. The van der Waals surface area contributed by atoms with Crippen molar-refractivity contribution in [3.05, 3.63) is 82.6 Å². The Morgan fingerprint density at radius 1 is 1.00 bits per heavy atom. The van der Waals surface area contributed by atoms with Crippen molar-refractivity contribution in [2.75, 3.05) is 39.3 Å². The van der Waals surface area contributed by atoms with E-state index in [9.17, 15) is 4.79 Å². The fourth-order valence-electron chi connectivity index (χ4n) is 4.24. The fourth-order valence-corrected chi connectivity index (χ4v) is 4.45. The van der Waals surface area contributed by atoms with Gasteiger partial charge < -0.3 is 5.32 Å². The van der Waals surface area contributed by atoms with Gasteiger partial charge in [-0.25, -0.2) is 4.68 Å². The number of para-hydroxylation sites is 1. The lowest BCUT2D eigenvalue weighted by atomic mass is 10.2. The summed E-state index contributed by atoms with van der Waals surface area (Å²) in [6, 6.07) is 20.0. The predicted molar refractivity (Wildman–Crippen MR) is 133 cm³/mol. The number of carbonyl (C=O) groups excluding carboxylic acids is 1. The number of piperazine rings is 1. The number of benzene rings is 2. The summed E-state index contributed by atoms with van der Waals surface area (Å²) in [7, 11) is 0. The first-order valence-electron chi connectivity index (χ1n) is 11.7. The van der Waals surface area contributed by atoms with E-state index in [4.69, 9.17) is 11.6 Å². The Morgan fingerprint density at radius 3 is 2.48 bits per heavy atom. The molecule has 0 radical (unpaired) electrons. The molecular weight excluding hydrogens is 434 g/mol. The molecule has 2 heterocycles. The fraction of sp³-hybridized carbons (Fsp3) is 0.385. The Bertz CT molecular complexity index is 1040. The molecular formula is C26H32ClN5O. The number of hydrogen-bond donors (Lipinski definition) is 1. The maximum absolute atomic E-state index is 12.7. The molecule has 0 unspecified atom stereocenters. The van der Waals surface area contributed by atoms with E-state index in [2.05, 4.69) is 33.2 Å². The molecule has 0 atom stereocenters. The van der Waals surface area contributed by atoms with Crippen LogP contribution in [-0.4, -0.2) is 64.8 Å².